The Labute approximate surface area is 122 Å². The van der Waals surface area contributed by atoms with Crippen molar-refractivity contribution in [3.63, 3.8) is 0 Å². The van der Waals surface area contributed by atoms with E-state index in [1.807, 2.05) is 18.0 Å². The van der Waals surface area contributed by atoms with Crippen molar-refractivity contribution in [3.8, 4) is 0 Å². The van der Waals surface area contributed by atoms with Gasteiger partial charge in [0.2, 0.25) is 0 Å². The molecule has 2 atom stereocenters. The predicted molar refractivity (Wildman–Crippen MR) is 82.9 cm³/mol. The second kappa shape index (κ2) is 5.65. The van der Waals surface area contributed by atoms with E-state index in [9.17, 15) is 0 Å². The molecule has 0 amide bonds. The van der Waals surface area contributed by atoms with E-state index in [0.29, 0.717) is 12.1 Å². The number of nitrogens with zero attached hydrogens (tertiary/aromatic N) is 1. The summed E-state index contributed by atoms with van der Waals surface area (Å²) in [7, 11) is 0. The van der Waals surface area contributed by atoms with Gasteiger partial charge in [0, 0.05) is 22.0 Å². The Morgan fingerprint density at radius 3 is 3.00 bits per heavy atom. The maximum absolute atomic E-state index is 4.49. The number of hydrogen-bond acceptors (Lipinski definition) is 4. The van der Waals surface area contributed by atoms with Crippen LogP contribution in [0.3, 0.4) is 0 Å². The highest BCUT2D eigenvalue weighted by atomic mass is 32.2. The molecule has 1 aromatic carbocycles. The van der Waals surface area contributed by atoms with Crippen molar-refractivity contribution in [2.75, 3.05) is 5.75 Å². The van der Waals surface area contributed by atoms with Crippen molar-refractivity contribution in [2.45, 2.75) is 37.2 Å². The van der Waals surface area contributed by atoms with E-state index >= 15 is 0 Å². The SMILES string of the molecule is Cc1cnc(C(C)NC2CCSc3ccccc32)s1. The van der Waals surface area contributed by atoms with Crippen LogP contribution in [0.2, 0.25) is 0 Å². The van der Waals surface area contributed by atoms with Crippen molar-refractivity contribution in [3.05, 3.63) is 45.9 Å². The third-order valence-corrected chi connectivity index (χ3v) is 5.64. The average molecular weight is 290 g/mol. The number of hydrogen-bond donors (Lipinski definition) is 1. The fraction of sp³-hybridized carbons (Fsp3) is 0.400. The van der Waals surface area contributed by atoms with Crippen LogP contribution in [0.5, 0.6) is 0 Å². The van der Waals surface area contributed by atoms with Gasteiger partial charge in [-0.2, -0.15) is 0 Å². The first kappa shape index (κ1) is 13.2. The molecule has 2 heterocycles. The lowest BCUT2D eigenvalue weighted by atomic mass is 10.0. The molecule has 1 aliphatic heterocycles. The van der Waals surface area contributed by atoms with E-state index < -0.39 is 0 Å². The van der Waals surface area contributed by atoms with Gasteiger partial charge in [-0.25, -0.2) is 4.98 Å². The number of rotatable bonds is 3. The van der Waals surface area contributed by atoms with Gasteiger partial charge in [-0.3, -0.25) is 0 Å². The normalized spacial score (nSPS) is 20.0. The van der Waals surface area contributed by atoms with E-state index in [0.717, 1.165) is 0 Å². The van der Waals surface area contributed by atoms with Crippen LogP contribution in [0.4, 0.5) is 0 Å². The molecule has 3 rings (SSSR count). The first-order valence-corrected chi connectivity index (χ1v) is 8.44. The minimum Gasteiger partial charge on any atom is -0.301 e. The molecule has 2 unspecified atom stereocenters. The summed E-state index contributed by atoms with van der Waals surface area (Å²) in [4.78, 5) is 7.19. The van der Waals surface area contributed by atoms with Gasteiger partial charge >= 0.3 is 0 Å². The zero-order valence-electron chi connectivity index (χ0n) is 11.2. The van der Waals surface area contributed by atoms with Crippen LogP contribution in [0.15, 0.2) is 35.4 Å². The van der Waals surface area contributed by atoms with E-state index in [4.69, 9.17) is 0 Å². The van der Waals surface area contributed by atoms with Gasteiger partial charge in [0.05, 0.1) is 6.04 Å². The molecule has 0 spiro atoms. The Morgan fingerprint density at radius 2 is 2.21 bits per heavy atom. The van der Waals surface area contributed by atoms with E-state index in [-0.39, 0.29) is 0 Å². The molecule has 4 heteroatoms. The fourth-order valence-electron chi connectivity index (χ4n) is 2.46. The zero-order valence-corrected chi connectivity index (χ0v) is 12.9. The summed E-state index contributed by atoms with van der Waals surface area (Å²) in [6.45, 7) is 4.32. The van der Waals surface area contributed by atoms with Crippen LogP contribution in [-0.4, -0.2) is 10.7 Å². The van der Waals surface area contributed by atoms with Gasteiger partial charge in [0.25, 0.3) is 0 Å². The van der Waals surface area contributed by atoms with Crippen LogP contribution in [0.25, 0.3) is 0 Å². The Bertz CT molecular complexity index is 565. The summed E-state index contributed by atoms with van der Waals surface area (Å²) in [6, 6.07) is 9.52. The Balaban J connectivity index is 1.77. The van der Waals surface area contributed by atoms with Gasteiger partial charge < -0.3 is 5.32 Å². The van der Waals surface area contributed by atoms with E-state index in [2.05, 4.69) is 48.4 Å². The monoisotopic (exact) mass is 290 g/mol. The third-order valence-electron chi connectivity index (χ3n) is 3.42. The minimum atomic E-state index is 0.319. The minimum absolute atomic E-state index is 0.319. The van der Waals surface area contributed by atoms with Gasteiger partial charge in [-0.15, -0.1) is 23.1 Å². The maximum Gasteiger partial charge on any atom is 0.109 e. The molecule has 1 aliphatic rings. The summed E-state index contributed by atoms with van der Waals surface area (Å²) in [6.07, 6.45) is 3.15. The smallest absolute Gasteiger partial charge is 0.109 e. The van der Waals surface area contributed by atoms with Crippen molar-refractivity contribution < 1.29 is 0 Å². The summed E-state index contributed by atoms with van der Waals surface area (Å²) in [5.41, 5.74) is 1.44. The molecule has 0 bridgehead atoms. The molecule has 19 heavy (non-hydrogen) atoms. The highest BCUT2D eigenvalue weighted by Gasteiger charge is 2.22. The topological polar surface area (TPSA) is 24.9 Å². The Hall–Kier alpha value is -0.840. The van der Waals surface area contributed by atoms with Crippen LogP contribution in [0.1, 0.15) is 40.9 Å². The molecular formula is C15H18N2S2. The highest BCUT2D eigenvalue weighted by Crippen LogP contribution is 2.37. The van der Waals surface area contributed by atoms with Gasteiger partial charge in [-0.05, 0) is 37.7 Å². The lowest BCUT2D eigenvalue weighted by molar-refractivity contribution is 0.449. The van der Waals surface area contributed by atoms with Gasteiger partial charge in [0.1, 0.15) is 5.01 Å². The Morgan fingerprint density at radius 1 is 1.37 bits per heavy atom. The summed E-state index contributed by atoms with van der Waals surface area (Å²) in [5, 5.41) is 4.93. The van der Waals surface area contributed by atoms with Crippen LogP contribution < -0.4 is 5.32 Å². The number of aryl methyl sites for hydroxylation is 1. The predicted octanol–water partition coefficient (Wildman–Crippen LogP) is 4.34. The first-order chi connectivity index (χ1) is 9.24. The number of nitrogens with one attached hydrogen (secondary N) is 1. The van der Waals surface area contributed by atoms with Gasteiger partial charge in [-0.1, -0.05) is 18.2 Å². The molecule has 0 saturated carbocycles. The van der Waals surface area contributed by atoms with Crippen molar-refractivity contribution in [1.82, 2.24) is 10.3 Å². The fourth-order valence-corrected chi connectivity index (χ4v) is 4.37. The molecule has 0 fully saturated rings. The first-order valence-electron chi connectivity index (χ1n) is 6.64. The van der Waals surface area contributed by atoms with Crippen molar-refractivity contribution in [1.29, 1.82) is 0 Å². The number of benzene rings is 1. The number of thioether (sulfide) groups is 1. The summed E-state index contributed by atoms with van der Waals surface area (Å²) < 4.78 is 0. The molecule has 100 valence electrons. The molecule has 0 aliphatic carbocycles. The maximum atomic E-state index is 4.49. The van der Waals surface area contributed by atoms with Crippen molar-refractivity contribution >= 4 is 23.1 Å². The molecule has 0 saturated heterocycles. The quantitative estimate of drug-likeness (QED) is 0.910. The second-order valence-corrected chi connectivity index (χ2v) is 7.33. The third kappa shape index (κ3) is 2.86. The second-order valence-electron chi connectivity index (χ2n) is 4.93. The number of thiazole rings is 1. The average Bonchev–Trinajstić information content (AvgIpc) is 2.86. The lowest BCUT2D eigenvalue weighted by Gasteiger charge is -2.28. The standard InChI is InChI=1S/C15H18N2S2/c1-10-9-16-15(19-10)11(2)17-13-7-8-18-14-6-4-3-5-12(13)14/h3-6,9,11,13,17H,7-8H2,1-2H3. The van der Waals surface area contributed by atoms with E-state index in [1.165, 1.54) is 32.5 Å². The number of fused-ring (bicyclic) bond motifs is 1. The van der Waals surface area contributed by atoms with Crippen LogP contribution in [0, 0.1) is 6.92 Å². The molecule has 2 aromatic rings. The highest BCUT2D eigenvalue weighted by molar-refractivity contribution is 7.99. The van der Waals surface area contributed by atoms with E-state index in [1.54, 1.807) is 11.3 Å². The zero-order chi connectivity index (χ0) is 13.2. The van der Waals surface area contributed by atoms with Crippen molar-refractivity contribution in [2.24, 2.45) is 0 Å². The molecule has 2 nitrogen and oxygen atoms in total. The lowest BCUT2D eigenvalue weighted by Crippen LogP contribution is -2.27. The molecular weight excluding hydrogens is 272 g/mol. The molecule has 1 aromatic heterocycles. The van der Waals surface area contributed by atoms with Crippen LogP contribution in [-0.2, 0) is 0 Å². The molecule has 0 radical (unpaired) electrons. The van der Waals surface area contributed by atoms with Crippen LogP contribution >= 0.6 is 23.1 Å². The number of aromatic nitrogens is 1. The largest absolute Gasteiger partial charge is 0.301 e. The summed E-state index contributed by atoms with van der Waals surface area (Å²) in [5.74, 6) is 1.19. The Kier molecular flexibility index (Phi) is 3.91. The molecule has 1 N–H and O–H groups in total. The summed E-state index contributed by atoms with van der Waals surface area (Å²) >= 11 is 3.75. The van der Waals surface area contributed by atoms with Gasteiger partial charge in [0.15, 0.2) is 0 Å².